The summed E-state index contributed by atoms with van der Waals surface area (Å²) in [6, 6.07) is 1.87. The summed E-state index contributed by atoms with van der Waals surface area (Å²) in [6.07, 6.45) is 8.73. The lowest BCUT2D eigenvalue weighted by Gasteiger charge is -2.25. The van der Waals surface area contributed by atoms with Crippen molar-refractivity contribution in [1.29, 1.82) is 0 Å². The van der Waals surface area contributed by atoms with E-state index in [4.69, 9.17) is 0 Å². The summed E-state index contributed by atoms with van der Waals surface area (Å²) in [5.41, 5.74) is 0. The first kappa shape index (κ1) is 11.6. The molecule has 1 aliphatic carbocycles. The van der Waals surface area contributed by atoms with Gasteiger partial charge in [-0.25, -0.2) is 0 Å². The van der Waals surface area contributed by atoms with Crippen LogP contribution in [0.25, 0.3) is 0 Å². The molecule has 0 radical (unpaired) electrons. The van der Waals surface area contributed by atoms with Gasteiger partial charge in [0.15, 0.2) is 0 Å². The number of nitrogens with one attached hydrogen (secondary N) is 1. The van der Waals surface area contributed by atoms with Gasteiger partial charge in [-0.1, -0.05) is 19.3 Å². The van der Waals surface area contributed by atoms with Gasteiger partial charge in [-0.05, 0) is 24.9 Å². The average Bonchev–Trinajstić information content (AvgIpc) is 2.67. The Morgan fingerprint density at radius 3 is 3.00 bits per heavy atom. The molecule has 0 aromatic carbocycles. The third-order valence-electron chi connectivity index (χ3n) is 3.29. The van der Waals surface area contributed by atoms with E-state index in [0.29, 0.717) is 13.1 Å². The molecule has 0 aliphatic heterocycles. The van der Waals surface area contributed by atoms with Crippen LogP contribution in [0.3, 0.4) is 0 Å². The van der Waals surface area contributed by atoms with E-state index in [-0.39, 0.29) is 6.10 Å². The molecule has 1 fully saturated rings. The quantitative estimate of drug-likeness (QED) is 0.679. The van der Waals surface area contributed by atoms with E-state index in [9.17, 15) is 5.11 Å². The third-order valence-corrected chi connectivity index (χ3v) is 3.29. The van der Waals surface area contributed by atoms with Crippen molar-refractivity contribution in [3.63, 3.8) is 0 Å². The van der Waals surface area contributed by atoms with Crippen LogP contribution in [0.4, 0.5) is 0 Å². The van der Waals surface area contributed by atoms with E-state index in [0.717, 1.165) is 12.5 Å². The van der Waals surface area contributed by atoms with Crippen molar-refractivity contribution in [2.75, 3.05) is 13.1 Å². The van der Waals surface area contributed by atoms with Gasteiger partial charge < -0.3 is 10.4 Å². The van der Waals surface area contributed by atoms with Crippen LogP contribution < -0.4 is 5.32 Å². The van der Waals surface area contributed by atoms with Gasteiger partial charge in [0.2, 0.25) is 0 Å². The van der Waals surface area contributed by atoms with Gasteiger partial charge in [0.1, 0.15) is 0 Å². The van der Waals surface area contributed by atoms with Gasteiger partial charge in [-0.3, -0.25) is 4.68 Å². The Hall–Kier alpha value is -0.870. The lowest BCUT2D eigenvalue weighted by atomic mass is 9.83. The fraction of sp³-hybridized carbons (Fsp3) is 0.750. The number of aromatic nitrogens is 2. The van der Waals surface area contributed by atoms with E-state index in [2.05, 4.69) is 10.4 Å². The van der Waals surface area contributed by atoms with Gasteiger partial charge >= 0.3 is 0 Å². The summed E-state index contributed by atoms with van der Waals surface area (Å²) >= 11 is 0. The van der Waals surface area contributed by atoms with Crippen LogP contribution in [0.15, 0.2) is 18.5 Å². The van der Waals surface area contributed by atoms with Gasteiger partial charge in [-0.2, -0.15) is 5.10 Å². The number of rotatable bonds is 7. The molecule has 1 heterocycles. The molecule has 16 heavy (non-hydrogen) atoms. The lowest BCUT2D eigenvalue weighted by molar-refractivity contribution is 0.145. The highest BCUT2D eigenvalue weighted by atomic mass is 16.3. The minimum atomic E-state index is -0.346. The SMILES string of the molecule is OC(CNCCC1CCC1)Cn1cccn1. The molecule has 1 aromatic heterocycles. The second-order valence-electron chi connectivity index (χ2n) is 4.67. The molecule has 1 saturated carbocycles. The van der Waals surface area contributed by atoms with Crippen molar-refractivity contribution < 1.29 is 5.11 Å². The highest BCUT2D eigenvalue weighted by molar-refractivity contribution is 4.78. The Bertz CT molecular complexity index is 282. The zero-order valence-corrected chi connectivity index (χ0v) is 9.68. The zero-order chi connectivity index (χ0) is 11.2. The first-order chi connectivity index (χ1) is 7.84. The summed E-state index contributed by atoms with van der Waals surface area (Å²) in [5.74, 6) is 0.941. The number of aliphatic hydroxyl groups is 1. The highest BCUT2D eigenvalue weighted by Crippen LogP contribution is 2.28. The minimum Gasteiger partial charge on any atom is -0.390 e. The van der Waals surface area contributed by atoms with E-state index in [1.165, 1.54) is 25.7 Å². The largest absolute Gasteiger partial charge is 0.390 e. The van der Waals surface area contributed by atoms with Crippen molar-refractivity contribution in [2.45, 2.75) is 38.3 Å². The smallest absolute Gasteiger partial charge is 0.0860 e. The molecule has 4 nitrogen and oxygen atoms in total. The first-order valence-electron chi connectivity index (χ1n) is 6.21. The molecular weight excluding hydrogens is 202 g/mol. The van der Waals surface area contributed by atoms with Crippen LogP contribution >= 0.6 is 0 Å². The van der Waals surface area contributed by atoms with E-state index >= 15 is 0 Å². The van der Waals surface area contributed by atoms with Crippen molar-refractivity contribution in [3.05, 3.63) is 18.5 Å². The standard InChI is InChI=1S/C12H21N3O/c16-12(10-15-8-2-6-14-15)9-13-7-5-11-3-1-4-11/h2,6,8,11-13,16H,1,3-5,7,9-10H2. The summed E-state index contributed by atoms with van der Waals surface area (Å²) < 4.78 is 1.76. The molecule has 2 rings (SSSR count). The normalized spacial score (nSPS) is 18.3. The van der Waals surface area contributed by atoms with Crippen LogP contribution in [-0.2, 0) is 6.54 Å². The molecule has 0 saturated heterocycles. The summed E-state index contributed by atoms with van der Waals surface area (Å²) in [6.45, 7) is 2.26. The minimum absolute atomic E-state index is 0.346. The second-order valence-corrected chi connectivity index (χ2v) is 4.67. The molecule has 1 unspecified atom stereocenters. The maximum absolute atomic E-state index is 9.73. The van der Waals surface area contributed by atoms with Crippen molar-refractivity contribution in [3.8, 4) is 0 Å². The van der Waals surface area contributed by atoms with Crippen molar-refractivity contribution in [2.24, 2.45) is 5.92 Å². The fourth-order valence-electron chi connectivity index (χ4n) is 2.05. The monoisotopic (exact) mass is 223 g/mol. The third kappa shape index (κ3) is 3.61. The summed E-state index contributed by atoms with van der Waals surface area (Å²) in [5, 5.41) is 17.1. The zero-order valence-electron chi connectivity index (χ0n) is 9.68. The number of nitrogens with zero attached hydrogens (tertiary/aromatic N) is 2. The first-order valence-corrected chi connectivity index (χ1v) is 6.21. The van der Waals surface area contributed by atoms with Gasteiger partial charge in [0.25, 0.3) is 0 Å². The molecule has 0 bridgehead atoms. The maximum atomic E-state index is 9.73. The Kier molecular flexibility index (Phi) is 4.36. The van der Waals surface area contributed by atoms with Crippen molar-refractivity contribution in [1.82, 2.24) is 15.1 Å². The van der Waals surface area contributed by atoms with E-state index < -0.39 is 0 Å². The number of hydrogen-bond donors (Lipinski definition) is 2. The molecule has 0 amide bonds. The van der Waals surface area contributed by atoms with Crippen LogP contribution in [-0.4, -0.2) is 34.1 Å². The molecule has 0 spiro atoms. The van der Waals surface area contributed by atoms with Crippen LogP contribution in [0.1, 0.15) is 25.7 Å². The summed E-state index contributed by atoms with van der Waals surface area (Å²) in [4.78, 5) is 0. The molecule has 2 N–H and O–H groups in total. The van der Waals surface area contributed by atoms with E-state index in [1.807, 2.05) is 12.3 Å². The molecule has 1 aliphatic rings. The Morgan fingerprint density at radius 2 is 2.38 bits per heavy atom. The molecule has 1 atom stereocenters. The number of aliphatic hydroxyl groups excluding tert-OH is 1. The molecule has 4 heteroatoms. The maximum Gasteiger partial charge on any atom is 0.0860 e. The molecular formula is C12H21N3O. The predicted octanol–water partition coefficient (Wildman–Crippen LogP) is 1.02. The Labute approximate surface area is 96.7 Å². The van der Waals surface area contributed by atoms with Crippen LogP contribution in [0.5, 0.6) is 0 Å². The van der Waals surface area contributed by atoms with Gasteiger partial charge in [-0.15, -0.1) is 0 Å². The molecule has 1 aromatic rings. The van der Waals surface area contributed by atoms with E-state index in [1.54, 1.807) is 10.9 Å². The highest BCUT2D eigenvalue weighted by Gasteiger charge is 2.16. The average molecular weight is 223 g/mol. The predicted molar refractivity (Wildman–Crippen MR) is 63.1 cm³/mol. The Morgan fingerprint density at radius 1 is 1.50 bits per heavy atom. The number of hydrogen-bond acceptors (Lipinski definition) is 3. The lowest BCUT2D eigenvalue weighted by Crippen LogP contribution is -2.32. The topological polar surface area (TPSA) is 50.1 Å². The van der Waals surface area contributed by atoms with Crippen molar-refractivity contribution >= 4 is 0 Å². The fourth-order valence-corrected chi connectivity index (χ4v) is 2.05. The second kappa shape index (κ2) is 6.01. The van der Waals surface area contributed by atoms with Gasteiger partial charge in [0.05, 0.1) is 12.6 Å². The summed E-state index contributed by atoms with van der Waals surface area (Å²) in [7, 11) is 0. The van der Waals surface area contributed by atoms with Crippen LogP contribution in [0, 0.1) is 5.92 Å². The van der Waals surface area contributed by atoms with Gasteiger partial charge in [0, 0.05) is 18.9 Å². The Balaban J connectivity index is 1.51. The van der Waals surface area contributed by atoms with Crippen LogP contribution in [0.2, 0.25) is 0 Å². The molecule has 90 valence electrons.